The summed E-state index contributed by atoms with van der Waals surface area (Å²) in [5, 5.41) is 3.53. The van der Waals surface area contributed by atoms with Gasteiger partial charge >= 0.3 is 0 Å². The van der Waals surface area contributed by atoms with Crippen molar-refractivity contribution in [2.45, 2.75) is 33.7 Å². The molecule has 2 heterocycles. The van der Waals surface area contributed by atoms with Gasteiger partial charge in [0, 0.05) is 17.5 Å². The van der Waals surface area contributed by atoms with Crippen LogP contribution in [0, 0.1) is 0 Å². The van der Waals surface area contributed by atoms with Crippen molar-refractivity contribution >= 4 is 30.5 Å². The van der Waals surface area contributed by atoms with Crippen LogP contribution >= 0.6 is 0 Å². The third-order valence-electron chi connectivity index (χ3n) is 4.34. The second-order valence-electron chi connectivity index (χ2n) is 7.70. The van der Waals surface area contributed by atoms with E-state index in [0.717, 1.165) is 27.5 Å². The van der Waals surface area contributed by atoms with E-state index in [1.54, 1.807) is 24.4 Å². The lowest BCUT2D eigenvalue weighted by Gasteiger charge is -2.00. The smallest absolute Gasteiger partial charge is 0.244 e. The van der Waals surface area contributed by atoms with Gasteiger partial charge < -0.3 is 15.5 Å². The summed E-state index contributed by atoms with van der Waals surface area (Å²) in [6.45, 7) is 26.1. The van der Waals surface area contributed by atoms with E-state index in [-0.39, 0.29) is 12.5 Å². The molecule has 2 rings (SSSR count). The summed E-state index contributed by atoms with van der Waals surface area (Å²) in [5.74, 6) is 0.748. The second-order valence-corrected chi connectivity index (χ2v) is 7.70. The lowest BCUT2D eigenvalue weighted by atomic mass is 10.1. The monoisotopic (exact) mass is 457 g/mol. The highest BCUT2D eigenvalue weighted by Crippen LogP contribution is 2.12. The molecular formula is C29H35N3O2. The van der Waals surface area contributed by atoms with Gasteiger partial charge in [0.2, 0.25) is 5.91 Å². The zero-order valence-electron chi connectivity index (χ0n) is 20.5. The van der Waals surface area contributed by atoms with Crippen molar-refractivity contribution < 1.29 is 9.21 Å². The second kappa shape index (κ2) is 14.1. The van der Waals surface area contributed by atoms with Crippen LogP contribution in [0.3, 0.4) is 0 Å². The van der Waals surface area contributed by atoms with Crippen LogP contribution in [0.15, 0.2) is 95.6 Å². The minimum Gasteiger partial charge on any atom is -0.460 e. The molecule has 0 aliphatic rings. The van der Waals surface area contributed by atoms with E-state index in [1.807, 2.05) is 31.2 Å². The Hall–Kier alpha value is -4.12. The molecule has 34 heavy (non-hydrogen) atoms. The first-order chi connectivity index (χ1) is 16.1. The Bertz CT molecular complexity index is 1210. The number of amides is 1. The summed E-state index contributed by atoms with van der Waals surface area (Å²) in [6.07, 6.45) is 11.4. The molecule has 5 nitrogen and oxygen atoms in total. The van der Waals surface area contributed by atoms with E-state index in [1.165, 1.54) is 12.5 Å². The maximum absolute atomic E-state index is 12.0. The number of rotatable bonds is 9. The summed E-state index contributed by atoms with van der Waals surface area (Å²) >= 11 is 0. The standard InChI is InChI=1S/C26H27N3O2.C3H8/c1-17(2)18(3)7-8-19(4)20(5)13-23-14-24(31-21(23)6)16-29-26(30)12-10-22-9-11-25(27)28-15-22;1-3-2/h7-15H,1,3-6,16H2,2H3,(H2,27,28)(H,29,30);3H2,1-2H3/b8-7-,12-10+,23-13-;. The molecular weight excluding hydrogens is 422 g/mol. The fraction of sp³-hybridized carbons (Fsp3) is 0.172. The Balaban J connectivity index is 0.00000182. The molecule has 0 saturated carbocycles. The Morgan fingerprint density at radius 3 is 2.32 bits per heavy atom. The summed E-state index contributed by atoms with van der Waals surface area (Å²) in [5.41, 5.74) is 9.97. The Labute approximate surface area is 202 Å². The number of aromatic nitrogens is 1. The Morgan fingerprint density at radius 2 is 1.74 bits per heavy atom. The van der Waals surface area contributed by atoms with E-state index in [4.69, 9.17) is 10.2 Å². The number of pyridine rings is 1. The molecule has 0 fully saturated rings. The van der Waals surface area contributed by atoms with Crippen LogP contribution in [0.4, 0.5) is 5.82 Å². The van der Waals surface area contributed by atoms with Gasteiger partial charge in [-0.05, 0) is 59.6 Å². The number of hydrogen-bond donors (Lipinski definition) is 2. The van der Waals surface area contributed by atoms with Crippen LogP contribution in [-0.2, 0) is 11.3 Å². The van der Waals surface area contributed by atoms with Crippen molar-refractivity contribution in [1.82, 2.24) is 10.3 Å². The number of nitrogens with zero attached hydrogens (tertiary/aromatic N) is 1. The maximum Gasteiger partial charge on any atom is 0.244 e. The molecule has 0 saturated heterocycles. The topological polar surface area (TPSA) is 81.2 Å². The normalized spacial score (nSPS) is 11.2. The fourth-order valence-corrected chi connectivity index (χ4v) is 2.36. The van der Waals surface area contributed by atoms with Gasteiger partial charge in [-0.3, -0.25) is 4.79 Å². The molecule has 3 N–H and O–H groups in total. The first-order valence-electron chi connectivity index (χ1n) is 10.9. The van der Waals surface area contributed by atoms with Crippen molar-refractivity contribution in [3.8, 4) is 0 Å². The first kappa shape index (κ1) is 27.9. The number of furan rings is 1. The lowest BCUT2D eigenvalue weighted by molar-refractivity contribution is -0.116. The van der Waals surface area contributed by atoms with Crippen LogP contribution in [0.2, 0.25) is 0 Å². The van der Waals surface area contributed by atoms with E-state index in [2.05, 4.69) is 57.0 Å². The van der Waals surface area contributed by atoms with E-state index in [0.29, 0.717) is 22.6 Å². The van der Waals surface area contributed by atoms with Gasteiger partial charge in [-0.2, -0.15) is 0 Å². The molecule has 0 atom stereocenters. The van der Waals surface area contributed by atoms with E-state index < -0.39 is 0 Å². The molecule has 0 radical (unpaired) electrons. The number of anilines is 1. The number of hydrogen-bond acceptors (Lipinski definition) is 4. The highest BCUT2D eigenvalue weighted by molar-refractivity contribution is 5.91. The number of carbonyl (C=O) groups excluding carboxylic acids is 1. The lowest BCUT2D eigenvalue weighted by Crippen LogP contribution is -2.19. The number of nitrogens with one attached hydrogen (secondary N) is 1. The minimum absolute atomic E-state index is 0.227. The maximum atomic E-state index is 12.0. The predicted molar refractivity (Wildman–Crippen MR) is 145 cm³/mol. The van der Waals surface area contributed by atoms with Gasteiger partial charge in [-0.25, -0.2) is 4.98 Å². The molecule has 0 spiro atoms. The summed E-state index contributed by atoms with van der Waals surface area (Å²) in [4.78, 5) is 16.0. The molecule has 0 aliphatic carbocycles. The summed E-state index contributed by atoms with van der Waals surface area (Å²) in [6, 6.07) is 5.26. The molecule has 0 bridgehead atoms. The van der Waals surface area contributed by atoms with E-state index >= 15 is 0 Å². The first-order valence-corrected chi connectivity index (χ1v) is 10.9. The minimum atomic E-state index is -0.259. The molecule has 2 aromatic heterocycles. The van der Waals surface area contributed by atoms with Crippen LogP contribution in [-0.4, -0.2) is 10.9 Å². The fourth-order valence-electron chi connectivity index (χ4n) is 2.36. The molecule has 0 unspecified atom stereocenters. The van der Waals surface area contributed by atoms with Crippen LogP contribution in [0.1, 0.15) is 38.5 Å². The number of nitrogens with two attached hydrogens (primary N) is 1. The van der Waals surface area contributed by atoms with Crippen LogP contribution in [0.25, 0.3) is 18.7 Å². The zero-order chi connectivity index (χ0) is 25.7. The SMILES string of the molecule is C=C(C)C(=C)/C=C\C(=C)C(=C)/C=c1/cc(CNC(=O)/C=C/c2ccc(N)nc2)oc1=C.CCC. The van der Waals surface area contributed by atoms with Gasteiger partial charge in [-0.15, -0.1) is 0 Å². The van der Waals surface area contributed by atoms with Gasteiger partial charge in [0.05, 0.1) is 6.54 Å². The molecule has 0 aliphatic heterocycles. The average Bonchev–Trinajstić information content (AvgIpc) is 3.14. The van der Waals surface area contributed by atoms with E-state index in [9.17, 15) is 4.79 Å². The van der Waals surface area contributed by atoms with Crippen molar-refractivity contribution in [3.05, 3.63) is 113 Å². The number of carbonyl (C=O) groups is 1. The van der Waals surface area contributed by atoms with Crippen molar-refractivity contribution in [1.29, 1.82) is 0 Å². The molecule has 5 heteroatoms. The third-order valence-corrected chi connectivity index (χ3v) is 4.34. The Kier molecular flexibility index (Phi) is 11.6. The van der Waals surface area contributed by atoms with Crippen molar-refractivity contribution in [3.63, 3.8) is 0 Å². The largest absolute Gasteiger partial charge is 0.460 e. The van der Waals surface area contributed by atoms with Crippen molar-refractivity contribution in [2.75, 3.05) is 5.73 Å². The molecule has 1 amide bonds. The summed E-state index contributed by atoms with van der Waals surface area (Å²) < 4.78 is 5.63. The van der Waals surface area contributed by atoms with Crippen LogP contribution < -0.4 is 21.7 Å². The number of allylic oxidation sites excluding steroid dienone is 6. The van der Waals surface area contributed by atoms with Gasteiger partial charge in [0.15, 0.2) is 0 Å². The average molecular weight is 458 g/mol. The molecule has 2 aromatic rings. The van der Waals surface area contributed by atoms with Gasteiger partial charge in [-0.1, -0.05) is 70.9 Å². The van der Waals surface area contributed by atoms with Gasteiger partial charge in [0.1, 0.15) is 17.0 Å². The van der Waals surface area contributed by atoms with Gasteiger partial charge in [0.25, 0.3) is 0 Å². The molecule has 0 aromatic carbocycles. The molecule has 178 valence electrons. The predicted octanol–water partition coefficient (Wildman–Crippen LogP) is 4.99. The number of nitrogen functional groups attached to an aromatic ring is 1. The quantitative estimate of drug-likeness (QED) is 0.410. The Morgan fingerprint density at radius 1 is 1.09 bits per heavy atom. The zero-order valence-corrected chi connectivity index (χ0v) is 20.5. The highest BCUT2D eigenvalue weighted by atomic mass is 16.3. The van der Waals surface area contributed by atoms with Crippen molar-refractivity contribution in [2.24, 2.45) is 0 Å². The van der Waals surface area contributed by atoms with Crippen LogP contribution in [0.5, 0.6) is 0 Å². The highest BCUT2D eigenvalue weighted by Gasteiger charge is 2.03. The third kappa shape index (κ3) is 10.0. The summed E-state index contributed by atoms with van der Waals surface area (Å²) in [7, 11) is 0.